The first kappa shape index (κ1) is 17.9. The predicted octanol–water partition coefficient (Wildman–Crippen LogP) is 3.49. The second-order valence-corrected chi connectivity index (χ2v) is 5.81. The number of ketones is 1. The zero-order chi connectivity index (χ0) is 17.5. The molecule has 1 amide bonds. The molecule has 0 unspecified atom stereocenters. The number of hydrogen-bond acceptors (Lipinski definition) is 3. The zero-order valence-corrected chi connectivity index (χ0v) is 14.4. The first-order valence-electron chi connectivity index (χ1n) is 7.96. The highest BCUT2D eigenvalue weighted by Crippen LogP contribution is 2.15. The van der Waals surface area contributed by atoms with Gasteiger partial charge in [-0.15, -0.1) is 0 Å². The van der Waals surface area contributed by atoms with Crippen molar-refractivity contribution in [1.29, 1.82) is 0 Å². The molecule has 0 spiro atoms. The van der Waals surface area contributed by atoms with Gasteiger partial charge >= 0.3 is 0 Å². The fourth-order valence-corrected chi connectivity index (χ4v) is 2.51. The van der Waals surface area contributed by atoms with Crippen molar-refractivity contribution in [3.8, 4) is 0 Å². The Balaban J connectivity index is 2.28. The molecular weight excluding hydrogens is 302 g/mol. The molecule has 2 aromatic rings. The Kier molecular flexibility index (Phi) is 6.27. The van der Waals surface area contributed by atoms with Crippen LogP contribution < -0.4 is 0 Å². The van der Waals surface area contributed by atoms with E-state index >= 15 is 0 Å². The number of amides is 1. The number of benzene rings is 2. The number of rotatable bonds is 7. The summed E-state index contributed by atoms with van der Waals surface area (Å²) in [6.45, 7) is 4.90. The maximum atomic E-state index is 13.0. The molecule has 0 saturated heterocycles. The molecule has 126 valence electrons. The SMILES string of the molecule is COCCN(Cc1ccc(C)cc1)C(=O)c1ccccc1C(C)=O. The lowest BCUT2D eigenvalue weighted by molar-refractivity contribution is 0.0677. The summed E-state index contributed by atoms with van der Waals surface area (Å²) in [5.41, 5.74) is 3.11. The van der Waals surface area contributed by atoms with Crippen LogP contribution in [0.15, 0.2) is 48.5 Å². The topological polar surface area (TPSA) is 46.6 Å². The lowest BCUT2D eigenvalue weighted by atomic mass is 10.0. The summed E-state index contributed by atoms with van der Waals surface area (Å²) in [5, 5.41) is 0. The lowest BCUT2D eigenvalue weighted by Gasteiger charge is -2.23. The molecular formula is C20H23NO3. The maximum Gasteiger partial charge on any atom is 0.254 e. The fourth-order valence-electron chi connectivity index (χ4n) is 2.51. The molecule has 24 heavy (non-hydrogen) atoms. The highest BCUT2D eigenvalue weighted by Gasteiger charge is 2.20. The Labute approximate surface area is 143 Å². The quantitative estimate of drug-likeness (QED) is 0.732. The number of hydrogen-bond donors (Lipinski definition) is 0. The Morgan fingerprint density at radius 3 is 2.21 bits per heavy atom. The molecule has 2 rings (SSSR count). The van der Waals surface area contributed by atoms with Gasteiger partial charge < -0.3 is 9.64 Å². The smallest absolute Gasteiger partial charge is 0.254 e. The Hall–Kier alpha value is -2.46. The highest BCUT2D eigenvalue weighted by molar-refractivity contribution is 6.07. The molecule has 0 bridgehead atoms. The Bertz CT molecular complexity index is 707. The summed E-state index contributed by atoms with van der Waals surface area (Å²) in [7, 11) is 1.61. The molecule has 2 aromatic carbocycles. The van der Waals surface area contributed by atoms with E-state index in [1.54, 1.807) is 36.3 Å². The summed E-state index contributed by atoms with van der Waals surface area (Å²) in [6.07, 6.45) is 0. The number of carbonyl (C=O) groups is 2. The molecule has 0 atom stereocenters. The van der Waals surface area contributed by atoms with Gasteiger partial charge in [-0.3, -0.25) is 9.59 Å². The van der Waals surface area contributed by atoms with Gasteiger partial charge in [0.15, 0.2) is 5.78 Å². The van der Waals surface area contributed by atoms with Crippen LogP contribution in [0.5, 0.6) is 0 Å². The van der Waals surface area contributed by atoms with Crippen LogP contribution in [0.25, 0.3) is 0 Å². The van der Waals surface area contributed by atoms with Crippen LogP contribution in [0.1, 0.15) is 38.8 Å². The summed E-state index contributed by atoms with van der Waals surface area (Å²) in [6, 6.07) is 15.0. The van der Waals surface area contributed by atoms with Crippen molar-refractivity contribution >= 4 is 11.7 Å². The van der Waals surface area contributed by atoms with Gasteiger partial charge in [0.25, 0.3) is 5.91 Å². The Morgan fingerprint density at radius 2 is 1.62 bits per heavy atom. The van der Waals surface area contributed by atoms with Gasteiger partial charge in [-0.2, -0.15) is 0 Å². The third-order valence-corrected chi connectivity index (χ3v) is 3.88. The summed E-state index contributed by atoms with van der Waals surface area (Å²) in [5.74, 6) is -0.264. The number of aryl methyl sites for hydroxylation is 1. The van der Waals surface area contributed by atoms with E-state index in [0.717, 1.165) is 5.56 Å². The molecule has 0 aliphatic heterocycles. The van der Waals surface area contributed by atoms with Crippen molar-refractivity contribution in [3.63, 3.8) is 0 Å². The molecule has 0 radical (unpaired) electrons. The minimum absolute atomic E-state index is 0.110. The number of nitrogens with zero attached hydrogens (tertiary/aromatic N) is 1. The first-order valence-corrected chi connectivity index (χ1v) is 7.96. The second kappa shape index (κ2) is 8.41. The van der Waals surface area contributed by atoms with Crippen LogP contribution in [0.2, 0.25) is 0 Å². The van der Waals surface area contributed by atoms with E-state index in [2.05, 4.69) is 0 Å². The normalized spacial score (nSPS) is 10.5. The molecule has 4 heteroatoms. The first-order chi connectivity index (χ1) is 11.5. The average Bonchev–Trinajstić information content (AvgIpc) is 2.59. The van der Waals surface area contributed by atoms with E-state index in [1.165, 1.54) is 12.5 Å². The monoisotopic (exact) mass is 325 g/mol. The molecule has 0 aromatic heterocycles. The van der Waals surface area contributed by atoms with Crippen LogP contribution in [-0.2, 0) is 11.3 Å². The van der Waals surface area contributed by atoms with E-state index in [-0.39, 0.29) is 11.7 Å². The molecule has 4 nitrogen and oxygen atoms in total. The molecule has 0 fully saturated rings. The van der Waals surface area contributed by atoms with Gasteiger partial charge in [0.1, 0.15) is 0 Å². The standard InChI is InChI=1S/C20H23NO3/c1-15-8-10-17(11-9-15)14-21(12-13-24-3)20(23)19-7-5-4-6-18(19)16(2)22/h4-11H,12-14H2,1-3H3. The molecule has 0 heterocycles. The zero-order valence-electron chi connectivity index (χ0n) is 14.4. The van der Waals surface area contributed by atoms with Crippen molar-refractivity contribution in [2.75, 3.05) is 20.3 Å². The summed E-state index contributed by atoms with van der Waals surface area (Å²) >= 11 is 0. The van der Waals surface area contributed by atoms with Gasteiger partial charge in [0.05, 0.1) is 12.2 Å². The van der Waals surface area contributed by atoms with Crippen molar-refractivity contribution in [2.45, 2.75) is 20.4 Å². The van der Waals surface area contributed by atoms with E-state index in [9.17, 15) is 9.59 Å². The number of methoxy groups -OCH3 is 1. The van der Waals surface area contributed by atoms with Gasteiger partial charge in [-0.1, -0.05) is 48.0 Å². The maximum absolute atomic E-state index is 13.0. The largest absolute Gasteiger partial charge is 0.383 e. The number of ether oxygens (including phenoxy) is 1. The van der Waals surface area contributed by atoms with E-state index < -0.39 is 0 Å². The molecule has 0 N–H and O–H groups in total. The summed E-state index contributed by atoms with van der Waals surface area (Å²) in [4.78, 5) is 26.5. The third kappa shape index (κ3) is 4.52. The van der Waals surface area contributed by atoms with Crippen molar-refractivity contribution in [1.82, 2.24) is 4.90 Å². The van der Waals surface area contributed by atoms with Gasteiger partial charge in [0.2, 0.25) is 0 Å². The molecule has 0 aliphatic carbocycles. The van der Waals surface area contributed by atoms with Crippen LogP contribution >= 0.6 is 0 Å². The number of carbonyl (C=O) groups excluding carboxylic acids is 2. The van der Waals surface area contributed by atoms with Crippen LogP contribution in [0.3, 0.4) is 0 Å². The average molecular weight is 325 g/mol. The third-order valence-electron chi connectivity index (χ3n) is 3.88. The highest BCUT2D eigenvalue weighted by atomic mass is 16.5. The van der Waals surface area contributed by atoms with Crippen molar-refractivity contribution in [3.05, 3.63) is 70.8 Å². The van der Waals surface area contributed by atoms with E-state index in [0.29, 0.717) is 30.8 Å². The molecule has 0 saturated carbocycles. The lowest BCUT2D eigenvalue weighted by Crippen LogP contribution is -2.34. The van der Waals surface area contributed by atoms with Gasteiger partial charge in [0, 0.05) is 25.8 Å². The Morgan fingerprint density at radius 1 is 1.00 bits per heavy atom. The minimum Gasteiger partial charge on any atom is -0.383 e. The van der Waals surface area contributed by atoms with Crippen molar-refractivity contribution in [2.24, 2.45) is 0 Å². The molecule has 0 aliphatic rings. The predicted molar refractivity (Wildman–Crippen MR) is 94.2 cm³/mol. The van der Waals surface area contributed by atoms with Gasteiger partial charge in [-0.05, 0) is 25.5 Å². The van der Waals surface area contributed by atoms with Crippen molar-refractivity contribution < 1.29 is 14.3 Å². The minimum atomic E-state index is -0.154. The van der Waals surface area contributed by atoms with E-state index in [4.69, 9.17) is 4.74 Å². The van der Waals surface area contributed by atoms with Crippen LogP contribution in [-0.4, -0.2) is 36.9 Å². The second-order valence-electron chi connectivity index (χ2n) is 5.81. The van der Waals surface area contributed by atoms with E-state index in [1.807, 2.05) is 31.2 Å². The van der Waals surface area contributed by atoms with Crippen LogP contribution in [0.4, 0.5) is 0 Å². The number of Topliss-reactive ketones (excluding diaryl/α,β-unsaturated/α-hetero) is 1. The van der Waals surface area contributed by atoms with Gasteiger partial charge in [-0.25, -0.2) is 0 Å². The summed E-state index contributed by atoms with van der Waals surface area (Å²) < 4.78 is 5.13. The van der Waals surface area contributed by atoms with Crippen LogP contribution in [0, 0.1) is 6.92 Å². The fraction of sp³-hybridized carbons (Fsp3) is 0.300.